The van der Waals surface area contributed by atoms with E-state index in [9.17, 15) is 4.79 Å². The molecular formula is C29H30N6O. The van der Waals surface area contributed by atoms with Crippen LogP contribution in [0.2, 0.25) is 0 Å². The lowest BCUT2D eigenvalue weighted by atomic mass is 10.0. The van der Waals surface area contributed by atoms with Crippen molar-refractivity contribution < 1.29 is 4.79 Å². The number of aromatic nitrogens is 2. The van der Waals surface area contributed by atoms with E-state index in [-0.39, 0.29) is 11.7 Å². The van der Waals surface area contributed by atoms with Gasteiger partial charge in [0.25, 0.3) is 5.91 Å². The molecule has 0 unspecified atom stereocenters. The molecule has 36 heavy (non-hydrogen) atoms. The van der Waals surface area contributed by atoms with Crippen LogP contribution < -0.4 is 16.5 Å². The highest BCUT2D eigenvalue weighted by atomic mass is 16.1. The third kappa shape index (κ3) is 6.13. The first kappa shape index (κ1) is 24.6. The van der Waals surface area contributed by atoms with Gasteiger partial charge >= 0.3 is 0 Å². The number of nitrogens with two attached hydrogens (primary N) is 1. The number of benzene rings is 3. The summed E-state index contributed by atoms with van der Waals surface area (Å²) in [6, 6.07) is 25.2. The molecule has 1 aromatic heterocycles. The highest BCUT2D eigenvalue weighted by Crippen LogP contribution is 2.21. The summed E-state index contributed by atoms with van der Waals surface area (Å²) in [5, 5.41) is 7.41. The van der Waals surface area contributed by atoms with E-state index < -0.39 is 0 Å². The van der Waals surface area contributed by atoms with Crippen LogP contribution in [-0.2, 0) is 6.54 Å². The fourth-order valence-corrected chi connectivity index (χ4v) is 3.65. The van der Waals surface area contributed by atoms with Crippen molar-refractivity contribution in [2.24, 2.45) is 5.10 Å². The maximum atomic E-state index is 12.7. The van der Waals surface area contributed by atoms with E-state index in [1.165, 1.54) is 5.56 Å². The normalized spacial score (nSPS) is 11.4. The van der Waals surface area contributed by atoms with Crippen molar-refractivity contribution in [2.45, 2.75) is 33.2 Å². The van der Waals surface area contributed by atoms with Crippen LogP contribution in [0.1, 0.15) is 53.9 Å². The number of amides is 1. The number of hydrazone groups is 1. The van der Waals surface area contributed by atoms with Crippen LogP contribution in [0.4, 0.5) is 11.5 Å². The number of hydrogen-bond acceptors (Lipinski definition) is 6. The van der Waals surface area contributed by atoms with E-state index in [4.69, 9.17) is 10.7 Å². The SMILES string of the molecule is C/C(=N\Nc1ccc(C(C)C)cc1)c1nc(-c2cccc(C(=O)NCc3ccccc3)c2)cnc1N. The van der Waals surface area contributed by atoms with Crippen LogP contribution in [0, 0.1) is 0 Å². The van der Waals surface area contributed by atoms with Crippen LogP contribution in [-0.4, -0.2) is 21.6 Å². The molecule has 4 aromatic rings. The largest absolute Gasteiger partial charge is 0.382 e. The molecule has 3 aromatic carbocycles. The number of hydrogen-bond donors (Lipinski definition) is 3. The molecule has 0 fully saturated rings. The number of carbonyl (C=O) groups is 1. The van der Waals surface area contributed by atoms with Crippen molar-refractivity contribution in [3.63, 3.8) is 0 Å². The second kappa shape index (κ2) is 11.3. The van der Waals surface area contributed by atoms with Crippen molar-refractivity contribution in [1.82, 2.24) is 15.3 Å². The lowest BCUT2D eigenvalue weighted by molar-refractivity contribution is 0.0951. The van der Waals surface area contributed by atoms with Crippen LogP contribution in [0.3, 0.4) is 0 Å². The molecule has 4 N–H and O–H groups in total. The van der Waals surface area contributed by atoms with Gasteiger partial charge in [-0.1, -0.05) is 68.4 Å². The summed E-state index contributed by atoms with van der Waals surface area (Å²) in [6.45, 7) is 6.60. The fourth-order valence-electron chi connectivity index (χ4n) is 3.65. The molecular weight excluding hydrogens is 448 g/mol. The number of anilines is 2. The van der Waals surface area contributed by atoms with Gasteiger partial charge in [0, 0.05) is 17.7 Å². The zero-order valence-corrected chi connectivity index (χ0v) is 20.7. The smallest absolute Gasteiger partial charge is 0.251 e. The maximum Gasteiger partial charge on any atom is 0.251 e. The molecule has 0 bridgehead atoms. The number of nitrogens with zero attached hydrogens (tertiary/aromatic N) is 3. The second-order valence-corrected chi connectivity index (χ2v) is 8.82. The molecule has 0 radical (unpaired) electrons. The Morgan fingerprint density at radius 2 is 1.75 bits per heavy atom. The van der Waals surface area contributed by atoms with E-state index in [1.807, 2.05) is 61.5 Å². The zero-order valence-electron chi connectivity index (χ0n) is 20.7. The number of nitrogen functional groups attached to an aromatic ring is 1. The average Bonchev–Trinajstić information content (AvgIpc) is 2.91. The topological polar surface area (TPSA) is 105 Å². The number of nitrogens with one attached hydrogen (secondary N) is 2. The lowest BCUT2D eigenvalue weighted by Crippen LogP contribution is -2.22. The standard InChI is InChI=1S/C29H30N6O/c1-19(2)22-12-14-25(15-13-22)35-34-20(3)27-28(30)31-18-26(33-27)23-10-7-11-24(16-23)29(36)32-17-21-8-5-4-6-9-21/h4-16,18-19,35H,17H2,1-3H3,(H2,30,31)(H,32,36)/b34-20+. The molecule has 0 atom stereocenters. The van der Waals surface area contributed by atoms with Crippen LogP contribution >= 0.6 is 0 Å². The molecule has 0 aliphatic heterocycles. The molecule has 0 aliphatic rings. The van der Waals surface area contributed by atoms with Gasteiger partial charge < -0.3 is 11.1 Å². The molecule has 4 rings (SSSR count). The summed E-state index contributed by atoms with van der Waals surface area (Å²) in [7, 11) is 0. The molecule has 7 nitrogen and oxygen atoms in total. The highest BCUT2D eigenvalue weighted by Gasteiger charge is 2.12. The van der Waals surface area contributed by atoms with E-state index in [1.54, 1.807) is 18.3 Å². The van der Waals surface area contributed by atoms with Gasteiger partial charge in [0.15, 0.2) is 5.82 Å². The zero-order chi connectivity index (χ0) is 25.5. The first-order chi connectivity index (χ1) is 17.4. The third-order valence-corrected chi connectivity index (χ3v) is 5.79. The van der Waals surface area contributed by atoms with E-state index >= 15 is 0 Å². The van der Waals surface area contributed by atoms with Crippen molar-refractivity contribution in [2.75, 3.05) is 11.2 Å². The predicted molar refractivity (Wildman–Crippen MR) is 146 cm³/mol. The predicted octanol–water partition coefficient (Wildman–Crippen LogP) is 5.62. The maximum absolute atomic E-state index is 12.7. The van der Waals surface area contributed by atoms with E-state index in [0.29, 0.717) is 35.1 Å². The second-order valence-electron chi connectivity index (χ2n) is 8.82. The van der Waals surface area contributed by atoms with Gasteiger partial charge in [-0.25, -0.2) is 9.97 Å². The Bertz CT molecular complexity index is 1360. The minimum absolute atomic E-state index is 0.158. The summed E-state index contributed by atoms with van der Waals surface area (Å²) in [5.41, 5.74) is 15.3. The van der Waals surface area contributed by atoms with E-state index in [2.05, 4.69) is 46.8 Å². The Kier molecular flexibility index (Phi) is 7.70. The molecule has 0 saturated carbocycles. The molecule has 182 valence electrons. The van der Waals surface area contributed by atoms with Gasteiger partial charge in [-0.2, -0.15) is 5.10 Å². The Hall–Kier alpha value is -4.52. The van der Waals surface area contributed by atoms with Gasteiger partial charge in [-0.05, 0) is 48.2 Å². The summed E-state index contributed by atoms with van der Waals surface area (Å²) in [6.07, 6.45) is 1.60. The van der Waals surface area contributed by atoms with Gasteiger partial charge in [-0.15, -0.1) is 0 Å². The van der Waals surface area contributed by atoms with Crippen LogP contribution in [0.5, 0.6) is 0 Å². The summed E-state index contributed by atoms with van der Waals surface area (Å²) >= 11 is 0. The molecule has 1 heterocycles. The monoisotopic (exact) mass is 478 g/mol. The summed E-state index contributed by atoms with van der Waals surface area (Å²) < 4.78 is 0. The first-order valence-corrected chi connectivity index (χ1v) is 11.9. The molecule has 7 heteroatoms. The Morgan fingerprint density at radius 3 is 2.47 bits per heavy atom. The van der Waals surface area contributed by atoms with Crippen molar-refractivity contribution in [3.05, 3.63) is 107 Å². The molecule has 0 spiro atoms. The van der Waals surface area contributed by atoms with E-state index in [0.717, 1.165) is 16.8 Å². The molecule has 1 amide bonds. The quantitative estimate of drug-likeness (QED) is 0.225. The Morgan fingerprint density at radius 1 is 1.00 bits per heavy atom. The van der Waals surface area contributed by atoms with Gasteiger partial charge in [0.05, 0.1) is 23.3 Å². The van der Waals surface area contributed by atoms with Gasteiger partial charge in [-0.3, -0.25) is 10.2 Å². The summed E-state index contributed by atoms with van der Waals surface area (Å²) in [4.78, 5) is 21.7. The van der Waals surface area contributed by atoms with Gasteiger partial charge in [0.1, 0.15) is 5.69 Å². The van der Waals surface area contributed by atoms with Gasteiger partial charge in [0.2, 0.25) is 0 Å². The third-order valence-electron chi connectivity index (χ3n) is 5.79. The Labute approximate surface area is 211 Å². The van der Waals surface area contributed by atoms with Crippen molar-refractivity contribution in [1.29, 1.82) is 0 Å². The van der Waals surface area contributed by atoms with Crippen molar-refractivity contribution >= 4 is 23.1 Å². The summed E-state index contributed by atoms with van der Waals surface area (Å²) in [5.74, 6) is 0.596. The molecule has 0 aliphatic carbocycles. The van der Waals surface area contributed by atoms with Crippen molar-refractivity contribution in [3.8, 4) is 11.3 Å². The molecule has 0 saturated heterocycles. The van der Waals surface area contributed by atoms with Crippen LogP contribution in [0.25, 0.3) is 11.3 Å². The average molecular weight is 479 g/mol. The first-order valence-electron chi connectivity index (χ1n) is 11.9. The Balaban J connectivity index is 1.50. The number of rotatable bonds is 8. The highest BCUT2D eigenvalue weighted by molar-refractivity contribution is 6.01. The minimum Gasteiger partial charge on any atom is -0.382 e. The minimum atomic E-state index is -0.158. The fraction of sp³-hybridized carbons (Fsp3) is 0.172. The van der Waals surface area contributed by atoms with Crippen LogP contribution in [0.15, 0.2) is 90.2 Å². The lowest BCUT2D eigenvalue weighted by Gasteiger charge is -2.10. The number of carbonyl (C=O) groups excluding carboxylic acids is 1.